The highest BCUT2D eigenvalue weighted by Gasteiger charge is 2.25. The van der Waals surface area contributed by atoms with Gasteiger partial charge in [-0.25, -0.2) is 8.78 Å². The Morgan fingerprint density at radius 2 is 2.10 bits per heavy atom. The molecule has 0 aliphatic heterocycles. The minimum absolute atomic E-state index is 0.355. The summed E-state index contributed by atoms with van der Waals surface area (Å²) in [5.74, 6) is -0.657. The largest absolute Gasteiger partial charge is 0.393 e. The highest BCUT2D eigenvalue weighted by Crippen LogP contribution is 2.18. The first-order valence-electron chi connectivity index (χ1n) is 5.97. The Bertz CT molecular complexity index is 541. The fraction of sp³-hybridized carbons (Fsp3) is 0.286. The lowest BCUT2D eigenvalue weighted by Gasteiger charge is -2.20. The van der Waals surface area contributed by atoms with E-state index in [9.17, 15) is 13.6 Å². The Balaban J connectivity index is 3.07. The van der Waals surface area contributed by atoms with Gasteiger partial charge in [0.15, 0.2) is 0 Å². The standard InChI is InChI=1S/C14H17F2N3O/c1-9-5-4-6-10(7-9)19(3)14(20)11(8-18-2)12(17)13(15)16/h4-8,13,17-18H,1-3H3/b11-8+,17-12?. The first-order chi connectivity index (χ1) is 9.38. The molecule has 1 aromatic rings. The zero-order valence-electron chi connectivity index (χ0n) is 11.6. The van der Waals surface area contributed by atoms with Crippen molar-refractivity contribution in [2.24, 2.45) is 0 Å². The molecule has 1 rings (SSSR count). The van der Waals surface area contributed by atoms with Gasteiger partial charge in [0.25, 0.3) is 12.3 Å². The monoisotopic (exact) mass is 281 g/mol. The van der Waals surface area contributed by atoms with E-state index in [4.69, 9.17) is 5.41 Å². The maximum Gasteiger partial charge on any atom is 0.280 e. The van der Waals surface area contributed by atoms with Crippen molar-refractivity contribution in [1.82, 2.24) is 5.32 Å². The summed E-state index contributed by atoms with van der Waals surface area (Å²) in [6.07, 6.45) is -1.88. The summed E-state index contributed by atoms with van der Waals surface area (Å²) >= 11 is 0. The third-order valence-electron chi connectivity index (χ3n) is 2.72. The highest BCUT2D eigenvalue weighted by molar-refractivity contribution is 6.25. The van der Waals surface area contributed by atoms with Crippen LogP contribution in [0.3, 0.4) is 0 Å². The van der Waals surface area contributed by atoms with Gasteiger partial charge in [-0.15, -0.1) is 0 Å². The number of nitrogens with zero attached hydrogens (tertiary/aromatic N) is 1. The van der Waals surface area contributed by atoms with E-state index in [0.29, 0.717) is 5.69 Å². The van der Waals surface area contributed by atoms with Crippen LogP contribution in [0, 0.1) is 12.3 Å². The number of hydrogen-bond acceptors (Lipinski definition) is 3. The quantitative estimate of drug-likeness (QED) is 0.643. The predicted molar refractivity (Wildman–Crippen MR) is 75.5 cm³/mol. The van der Waals surface area contributed by atoms with E-state index in [1.165, 1.54) is 19.0 Å². The number of alkyl halides is 2. The van der Waals surface area contributed by atoms with Gasteiger partial charge in [0, 0.05) is 26.0 Å². The van der Waals surface area contributed by atoms with Gasteiger partial charge in [-0.3, -0.25) is 10.2 Å². The molecule has 0 bridgehead atoms. The molecule has 20 heavy (non-hydrogen) atoms. The zero-order chi connectivity index (χ0) is 15.3. The second-order valence-corrected chi connectivity index (χ2v) is 4.26. The topological polar surface area (TPSA) is 56.2 Å². The second-order valence-electron chi connectivity index (χ2n) is 4.26. The van der Waals surface area contributed by atoms with Gasteiger partial charge in [0.05, 0.1) is 5.57 Å². The van der Waals surface area contributed by atoms with E-state index >= 15 is 0 Å². The average molecular weight is 281 g/mol. The Morgan fingerprint density at radius 3 is 2.60 bits per heavy atom. The van der Waals surface area contributed by atoms with Crippen LogP contribution in [0.4, 0.5) is 14.5 Å². The minimum atomic E-state index is -3.00. The second kappa shape index (κ2) is 6.79. The summed E-state index contributed by atoms with van der Waals surface area (Å²) in [4.78, 5) is 13.5. The first kappa shape index (κ1) is 15.8. The number of carbonyl (C=O) groups excluding carboxylic acids is 1. The SMILES string of the molecule is CN/C=C(\C(=N)C(F)F)C(=O)N(C)c1cccc(C)c1. The fourth-order valence-electron chi connectivity index (χ4n) is 1.65. The van der Waals surface area contributed by atoms with E-state index in [1.807, 2.05) is 13.0 Å². The number of halogens is 2. The average Bonchev–Trinajstić information content (AvgIpc) is 2.42. The number of likely N-dealkylation sites (N-methyl/N-ethyl adjacent to an activating group) is 1. The van der Waals surface area contributed by atoms with Crippen LogP contribution < -0.4 is 10.2 Å². The predicted octanol–water partition coefficient (Wildman–Crippen LogP) is 2.35. The van der Waals surface area contributed by atoms with Gasteiger partial charge < -0.3 is 10.2 Å². The van der Waals surface area contributed by atoms with Gasteiger partial charge in [-0.1, -0.05) is 12.1 Å². The van der Waals surface area contributed by atoms with Crippen LogP contribution in [0.5, 0.6) is 0 Å². The van der Waals surface area contributed by atoms with Crippen molar-refractivity contribution in [2.45, 2.75) is 13.3 Å². The van der Waals surface area contributed by atoms with Crippen molar-refractivity contribution in [3.8, 4) is 0 Å². The highest BCUT2D eigenvalue weighted by atomic mass is 19.3. The van der Waals surface area contributed by atoms with E-state index in [1.54, 1.807) is 18.2 Å². The van der Waals surface area contributed by atoms with Crippen molar-refractivity contribution < 1.29 is 13.6 Å². The Hall–Kier alpha value is -2.24. The summed E-state index contributed by atoms with van der Waals surface area (Å²) < 4.78 is 25.3. The number of benzene rings is 1. The molecule has 1 amide bonds. The lowest BCUT2D eigenvalue weighted by molar-refractivity contribution is -0.114. The summed E-state index contributed by atoms with van der Waals surface area (Å²) in [5, 5.41) is 9.85. The molecule has 0 radical (unpaired) electrons. The van der Waals surface area contributed by atoms with E-state index in [-0.39, 0.29) is 5.57 Å². The molecule has 0 saturated heterocycles. The van der Waals surface area contributed by atoms with Gasteiger partial charge in [-0.2, -0.15) is 0 Å². The van der Waals surface area contributed by atoms with Crippen LogP contribution in [-0.2, 0) is 4.79 Å². The summed E-state index contributed by atoms with van der Waals surface area (Å²) in [6, 6.07) is 7.11. The molecule has 0 heterocycles. The fourth-order valence-corrected chi connectivity index (χ4v) is 1.65. The molecular weight excluding hydrogens is 264 g/mol. The summed E-state index contributed by atoms with van der Waals surface area (Å²) in [7, 11) is 2.97. The summed E-state index contributed by atoms with van der Waals surface area (Å²) in [6.45, 7) is 1.87. The smallest absolute Gasteiger partial charge is 0.280 e. The normalized spacial score (nSPS) is 11.4. The van der Waals surface area contributed by atoms with Crippen LogP contribution in [-0.4, -0.2) is 32.1 Å². The number of amides is 1. The van der Waals surface area contributed by atoms with Crippen LogP contribution >= 0.6 is 0 Å². The van der Waals surface area contributed by atoms with Gasteiger partial charge in [-0.05, 0) is 24.6 Å². The van der Waals surface area contributed by atoms with Crippen molar-refractivity contribution in [1.29, 1.82) is 5.41 Å². The molecule has 0 aromatic heterocycles. The molecule has 0 atom stereocenters. The molecular formula is C14H17F2N3O. The molecule has 1 aromatic carbocycles. The van der Waals surface area contributed by atoms with Crippen molar-refractivity contribution in [3.63, 3.8) is 0 Å². The third kappa shape index (κ3) is 3.63. The van der Waals surface area contributed by atoms with E-state index < -0.39 is 18.0 Å². The van der Waals surface area contributed by atoms with Crippen LogP contribution in [0.15, 0.2) is 36.0 Å². The molecule has 108 valence electrons. The molecule has 0 saturated carbocycles. The number of nitrogens with one attached hydrogen (secondary N) is 2. The van der Waals surface area contributed by atoms with Gasteiger partial charge in [0.1, 0.15) is 5.71 Å². The maximum atomic E-state index is 12.6. The Morgan fingerprint density at radius 1 is 1.45 bits per heavy atom. The van der Waals surface area contributed by atoms with Crippen molar-refractivity contribution in [2.75, 3.05) is 19.0 Å². The molecule has 6 heteroatoms. The minimum Gasteiger partial charge on any atom is -0.393 e. The van der Waals surface area contributed by atoms with Crippen LogP contribution in [0.25, 0.3) is 0 Å². The van der Waals surface area contributed by atoms with Crippen LogP contribution in [0.2, 0.25) is 0 Å². The van der Waals surface area contributed by atoms with Crippen molar-refractivity contribution >= 4 is 17.3 Å². The number of rotatable bonds is 5. The number of aryl methyl sites for hydroxylation is 1. The molecule has 0 aliphatic carbocycles. The molecule has 4 nitrogen and oxygen atoms in total. The first-order valence-corrected chi connectivity index (χ1v) is 5.97. The molecule has 0 aliphatic rings. The number of anilines is 1. The molecule has 0 unspecified atom stereocenters. The van der Waals surface area contributed by atoms with Crippen LogP contribution in [0.1, 0.15) is 5.56 Å². The number of hydrogen-bond donors (Lipinski definition) is 2. The Labute approximate surface area is 116 Å². The van der Waals surface area contributed by atoms with Gasteiger partial charge >= 0.3 is 0 Å². The molecule has 2 N–H and O–H groups in total. The zero-order valence-corrected chi connectivity index (χ0v) is 11.6. The van der Waals surface area contributed by atoms with E-state index in [2.05, 4.69) is 5.32 Å². The lowest BCUT2D eigenvalue weighted by atomic mass is 10.1. The lowest BCUT2D eigenvalue weighted by Crippen LogP contribution is -2.33. The van der Waals surface area contributed by atoms with Gasteiger partial charge in [0.2, 0.25) is 0 Å². The molecule has 0 spiro atoms. The molecule has 0 fully saturated rings. The maximum absolute atomic E-state index is 12.6. The van der Waals surface area contributed by atoms with Crippen molar-refractivity contribution in [3.05, 3.63) is 41.6 Å². The van der Waals surface area contributed by atoms with E-state index in [0.717, 1.165) is 11.8 Å². The summed E-state index contributed by atoms with van der Waals surface area (Å²) in [5.41, 5.74) is 0.180. The Kier molecular flexibility index (Phi) is 5.37. The third-order valence-corrected chi connectivity index (χ3v) is 2.72. The number of carbonyl (C=O) groups is 1.